The Morgan fingerprint density at radius 2 is 1.72 bits per heavy atom. The molecule has 2 aliphatic heterocycles. The van der Waals surface area contributed by atoms with Crippen LogP contribution in [-0.4, -0.2) is 119 Å². The van der Waals surface area contributed by atoms with Gasteiger partial charge in [0.2, 0.25) is 37.3 Å². The second-order valence-corrected chi connectivity index (χ2v) is 30.3. The number of thiazole rings is 1. The number of anilines is 2. The number of carbonyl (C=O) groups is 2. The van der Waals surface area contributed by atoms with E-state index in [-0.39, 0.29) is 68.3 Å². The van der Waals surface area contributed by atoms with Gasteiger partial charge in [-0.15, -0.1) is 11.3 Å². The molecule has 4 N–H and O–H groups in total. The largest absolute Gasteiger partial charge is 0.496 e. The lowest BCUT2D eigenvalue weighted by atomic mass is 9.93. The zero-order valence-electron chi connectivity index (χ0n) is 49.2. The van der Waals surface area contributed by atoms with Crippen molar-refractivity contribution >= 4 is 86.8 Å². The van der Waals surface area contributed by atoms with Crippen LogP contribution in [0.15, 0.2) is 86.7 Å². The van der Waals surface area contributed by atoms with E-state index in [1.54, 1.807) is 41.7 Å². The Morgan fingerprint density at radius 3 is 2.41 bits per heavy atom. The Balaban J connectivity index is 0.000000205. The summed E-state index contributed by atoms with van der Waals surface area (Å²) in [7, 11) is -6.50. The molecular weight excluding hydrogens is 1170 g/mol. The number of pyridine rings is 1. The molecule has 0 spiro atoms. The molecule has 2 aromatic carbocycles. The van der Waals surface area contributed by atoms with E-state index >= 15 is 0 Å². The SMILES string of the molecule is CC(C)CCn1c(=O)c(=C2Nc3ccc(N(C)S(C)(=O)=O)cc3S(=O)(=O)N2)c(=O)c2cccn21.COc1ccc2c(O[C@@H]3C[C@H]4C(=O)N[C@]5(CNS(=O)(=O)C6CC6)C[C@H]5/C=C\CCCCN(C)C(=O)[C@@H]4C3)cc(-c3nc(C(C)C)cs3)nc2c1C. The van der Waals surface area contributed by atoms with Crippen LogP contribution < -0.4 is 50.1 Å². The molecule has 3 aliphatic carbocycles. The number of rotatable bonds is 14. The third-order valence-electron chi connectivity index (χ3n) is 16.8. The number of amides is 2. The van der Waals surface area contributed by atoms with Crippen molar-refractivity contribution in [3.63, 3.8) is 0 Å². The summed E-state index contributed by atoms with van der Waals surface area (Å²) in [6.07, 6.45) is 12.5. The number of methoxy groups -OCH3 is 1. The number of benzene rings is 2. The minimum absolute atomic E-state index is 0.0282. The average molecular weight is 1240 g/mol. The minimum atomic E-state index is -4.22. The fourth-order valence-electron chi connectivity index (χ4n) is 11.3. The predicted octanol–water partition coefficient (Wildman–Crippen LogP) is 5.82. The highest BCUT2D eigenvalue weighted by molar-refractivity contribution is 7.92. The Morgan fingerprint density at radius 1 is 0.965 bits per heavy atom. The van der Waals surface area contributed by atoms with Crippen LogP contribution in [0.4, 0.5) is 11.4 Å². The zero-order valence-corrected chi connectivity index (χ0v) is 52.4. The maximum atomic E-state index is 14.3. The van der Waals surface area contributed by atoms with Crippen LogP contribution in [-0.2, 0) is 46.2 Å². The summed E-state index contributed by atoms with van der Waals surface area (Å²) in [5.41, 5.74) is 1.86. The number of nitrogens with one attached hydrogen (secondary N) is 4. The number of aryl methyl sites for hydroxylation is 2. The van der Waals surface area contributed by atoms with E-state index in [9.17, 15) is 44.4 Å². The number of hydrogen-bond acceptors (Lipinski definition) is 16. The topological polar surface area (TPSA) is 279 Å². The van der Waals surface area contributed by atoms with E-state index in [0.29, 0.717) is 69.0 Å². The number of nitrogens with zero attached hydrogens (tertiary/aromatic N) is 6. The Hall–Kier alpha value is -6.87. The predicted molar refractivity (Wildman–Crippen MR) is 328 cm³/mol. The molecule has 22 nitrogen and oxygen atoms in total. The molecule has 3 saturated carbocycles. The number of sulfonamides is 3. The van der Waals surface area contributed by atoms with Gasteiger partial charge in [-0.3, -0.25) is 32.7 Å². The third-order valence-corrected chi connectivity index (χ3v) is 22.1. The molecule has 6 heterocycles. The molecule has 6 aromatic rings. The monoisotopic (exact) mass is 1240 g/mol. The minimum Gasteiger partial charge on any atom is -0.496 e. The van der Waals surface area contributed by atoms with Gasteiger partial charge in [0.05, 0.1) is 58.6 Å². The van der Waals surface area contributed by atoms with Crippen molar-refractivity contribution in [2.75, 3.05) is 50.2 Å². The molecule has 5 aliphatic rings. The van der Waals surface area contributed by atoms with Crippen molar-refractivity contribution in [3.05, 3.63) is 109 Å². The van der Waals surface area contributed by atoms with Crippen molar-refractivity contribution in [2.45, 2.75) is 127 Å². The number of carbonyl (C=O) groups excluding carboxylic acids is 2. The zero-order chi connectivity index (χ0) is 61.1. The van der Waals surface area contributed by atoms with Crippen LogP contribution in [0.2, 0.25) is 0 Å². The summed E-state index contributed by atoms with van der Waals surface area (Å²) in [6, 6.07) is 13.0. The lowest BCUT2D eigenvalue weighted by Crippen LogP contribution is -2.52. The summed E-state index contributed by atoms with van der Waals surface area (Å²) in [5.74, 6) is 0.224. The molecule has 5 atom stereocenters. The van der Waals surface area contributed by atoms with Crippen molar-refractivity contribution in [2.24, 2.45) is 23.7 Å². The van der Waals surface area contributed by atoms with Crippen molar-refractivity contribution in [1.29, 1.82) is 0 Å². The Labute approximate surface area is 499 Å². The van der Waals surface area contributed by atoms with Gasteiger partial charge in [-0.1, -0.05) is 39.8 Å². The normalized spacial score (nSPS) is 23.4. The number of aromatic nitrogens is 4. The van der Waals surface area contributed by atoms with Gasteiger partial charge in [-0.25, -0.2) is 44.6 Å². The first kappa shape index (κ1) is 61.2. The van der Waals surface area contributed by atoms with E-state index in [1.165, 1.54) is 34.4 Å². The molecular formula is C59H74N10O12S4. The van der Waals surface area contributed by atoms with Gasteiger partial charge in [-0.2, -0.15) is 0 Å². The Bertz CT molecular complexity index is 4180. The van der Waals surface area contributed by atoms with Crippen molar-refractivity contribution in [3.8, 4) is 22.2 Å². The fraction of sp³-hybridized carbons (Fsp3) is 0.492. The van der Waals surface area contributed by atoms with E-state index in [2.05, 4.69) is 51.5 Å². The van der Waals surface area contributed by atoms with Crippen LogP contribution in [0.3, 0.4) is 0 Å². The van der Waals surface area contributed by atoms with Gasteiger partial charge in [0.25, 0.3) is 15.6 Å². The molecule has 456 valence electrons. The van der Waals surface area contributed by atoms with E-state index in [1.807, 2.05) is 46.0 Å². The van der Waals surface area contributed by atoms with Crippen molar-refractivity contribution < 1.29 is 44.3 Å². The number of fused-ring (bicyclic) bond motifs is 5. The van der Waals surface area contributed by atoms with Crippen LogP contribution in [0, 0.1) is 30.6 Å². The lowest BCUT2D eigenvalue weighted by Gasteiger charge is -2.27. The molecule has 11 rings (SSSR count). The summed E-state index contributed by atoms with van der Waals surface area (Å²) < 4.78 is 96.8. The standard InChI is InChI=1S/C38H49N5O6S2.C21H25N5O6S2/c1-22(2)31-20-50-36(41-31)30-18-33(27-13-14-32(48-5)23(3)34(27)40-30)49-25-16-28-29(17-25)37(45)43(4)15-9-7-6-8-10-24-19-38(24,42-35(28)44)21-39-51(46,47)26-11-12-26;1-13(2)9-11-26-21(28)18(19(27)16-6-5-10-25(16)26)20-22-15-8-7-14(24(3)33(4,29)30)12-17(15)34(31,32)23-20/h8,10,13-14,18,20,22,24-26,28-29,39H,6-7,9,11-12,15-17,19,21H2,1-5H3,(H,42,44);5-8,10,12-13,22-23H,9,11H2,1-4H3/b10-8-;/t24-,25-,28-,29-,38+;/m1./s1. The lowest BCUT2D eigenvalue weighted by molar-refractivity contribution is -0.140. The second-order valence-electron chi connectivity index (χ2n) is 23.7. The smallest absolute Gasteiger partial charge is 0.280 e. The summed E-state index contributed by atoms with van der Waals surface area (Å²) in [5, 5.41) is 9.11. The second kappa shape index (κ2) is 23.8. The van der Waals surface area contributed by atoms with Crippen molar-refractivity contribution in [1.82, 2.24) is 38.8 Å². The third kappa shape index (κ3) is 12.7. The number of ether oxygens (including phenoxy) is 2. The fourth-order valence-corrected chi connectivity index (χ4v) is 15.4. The van der Waals surface area contributed by atoms with Gasteiger partial charge >= 0.3 is 0 Å². The molecule has 0 unspecified atom stereocenters. The summed E-state index contributed by atoms with van der Waals surface area (Å²) >= 11 is 1.54. The first-order valence-corrected chi connectivity index (χ1v) is 34.4. The maximum absolute atomic E-state index is 14.3. The highest BCUT2D eigenvalue weighted by Crippen LogP contribution is 2.47. The molecule has 0 radical (unpaired) electrons. The average Bonchev–Trinajstić information content (AvgIpc) is 1.83. The molecule has 26 heteroatoms. The van der Waals surface area contributed by atoms with Gasteiger partial charge in [0, 0.05) is 68.2 Å². The molecule has 4 aromatic heterocycles. The van der Waals surface area contributed by atoms with Crippen LogP contribution in [0.5, 0.6) is 11.5 Å². The Kier molecular flexibility index (Phi) is 17.1. The quantitative estimate of drug-likeness (QED) is 0.0936. The molecule has 0 saturated heterocycles. The number of hydrogen-bond donors (Lipinski definition) is 4. The molecule has 2 amide bonds. The van der Waals surface area contributed by atoms with E-state index in [4.69, 9.17) is 19.4 Å². The summed E-state index contributed by atoms with van der Waals surface area (Å²) in [6.45, 7) is 11.3. The van der Waals surface area contributed by atoms with Crippen LogP contribution in [0.1, 0.15) is 103 Å². The highest BCUT2D eigenvalue weighted by atomic mass is 32.2. The van der Waals surface area contributed by atoms with Crippen LogP contribution >= 0.6 is 11.3 Å². The van der Waals surface area contributed by atoms with E-state index < -0.39 is 64.5 Å². The van der Waals surface area contributed by atoms with Gasteiger partial charge in [-0.05, 0) is 119 Å². The number of allylic oxidation sites excluding steroid dienone is 1. The van der Waals surface area contributed by atoms with E-state index in [0.717, 1.165) is 62.7 Å². The first-order valence-electron chi connectivity index (χ1n) is 28.7. The molecule has 85 heavy (non-hydrogen) atoms. The van der Waals surface area contributed by atoms with Gasteiger partial charge in [0.15, 0.2) is 0 Å². The highest BCUT2D eigenvalue weighted by Gasteiger charge is 2.56. The van der Waals surface area contributed by atoms with Gasteiger partial charge in [0.1, 0.15) is 49.8 Å². The molecule has 3 fully saturated rings. The van der Waals surface area contributed by atoms with Gasteiger partial charge < -0.3 is 25.0 Å². The maximum Gasteiger partial charge on any atom is 0.280 e. The first-order chi connectivity index (χ1) is 40.2. The summed E-state index contributed by atoms with van der Waals surface area (Å²) in [4.78, 5) is 66.3. The van der Waals surface area contributed by atoms with Crippen LogP contribution in [0.25, 0.3) is 32.9 Å². The molecule has 0 bridgehead atoms.